The molecule has 0 bridgehead atoms. The maximum absolute atomic E-state index is 12.6. The van der Waals surface area contributed by atoms with Crippen LogP contribution in [-0.4, -0.2) is 54.6 Å². The van der Waals surface area contributed by atoms with E-state index in [4.69, 9.17) is 11.6 Å². The number of carbonyl (C=O) groups is 1. The number of hydrazine groups is 1. The Morgan fingerprint density at radius 3 is 2.67 bits per heavy atom. The summed E-state index contributed by atoms with van der Waals surface area (Å²) in [7, 11) is 0. The maximum atomic E-state index is 12.6. The molecule has 160 valence electrons. The van der Waals surface area contributed by atoms with E-state index < -0.39 is 0 Å². The van der Waals surface area contributed by atoms with Crippen molar-refractivity contribution in [3.05, 3.63) is 58.7 Å². The van der Waals surface area contributed by atoms with Gasteiger partial charge in [0, 0.05) is 50.0 Å². The largest absolute Gasteiger partial charge is 0.354 e. The number of hydrogen-bond donors (Lipinski definition) is 3. The fourth-order valence-corrected chi connectivity index (χ4v) is 4.27. The number of anilines is 1. The van der Waals surface area contributed by atoms with Gasteiger partial charge in [-0.2, -0.15) is 0 Å². The van der Waals surface area contributed by atoms with Gasteiger partial charge in [-0.15, -0.1) is 0 Å². The Balaban J connectivity index is 1.26. The number of nitrogens with one attached hydrogen (secondary N) is 3. The normalized spacial score (nSPS) is 22.3. The minimum Gasteiger partial charge on any atom is -0.354 e. The van der Waals surface area contributed by atoms with E-state index in [0.717, 1.165) is 49.7 Å². The number of carbonyl (C=O) groups excluding carboxylic acids is 1. The Kier molecular flexibility index (Phi) is 6.84. The fourth-order valence-electron chi connectivity index (χ4n) is 4.00. The average Bonchev–Trinajstić information content (AvgIpc) is 3.28. The SMILES string of the molecule is CCN1CCN(c2ccc(CNC(=O)C3CC(c4ccccc4Cl)NN3)cn2)CC1. The van der Waals surface area contributed by atoms with Crippen molar-refractivity contribution in [2.45, 2.75) is 32.0 Å². The Morgan fingerprint density at radius 2 is 1.97 bits per heavy atom. The molecular weight excluding hydrogens is 400 g/mol. The van der Waals surface area contributed by atoms with E-state index >= 15 is 0 Å². The molecule has 1 aromatic heterocycles. The second-order valence-electron chi connectivity index (χ2n) is 7.81. The van der Waals surface area contributed by atoms with Crippen molar-refractivity contribution in [1.82, 2.24) is 26.1 Å². The van der Waals surface area contributed by atoms with Crippen LogP contribution in [-0.2, 0) is 11.3 Å². The molecule has 3 heterocycles. The van der Waals surface area contributed by atoms with Crippen molar-refractivity contribution in [1.29, 1.82) is 0 Å². The van der Waals surface area contributed by atoms with Gasteiger partial charge in [-0.25, -0.2) is 15.8 Å². The number of nitrogens with zero attached hydrogens (tertiary/aromatic N) is 3. The highest BCUT2D eigenvalue weighted by Crippen LogP contribution is 2.28. The monoisotopic (exact) mass is 428 g/mol. The predicted molar refractivity (Wildman–Crippen MR) is 119 cm³/mol. The number of pyridine rings is 1. The molecule has 2 atom stereocenters. The standard InChI is InChI=1S/C22H29ClN6O/c1-2-28-9-11-29(12-10-28)21-8-7-16(14-24-21)15-25-22(30)20-13-19(26-27-20)17-5-3-4-6-18(17)23/h3-8,14,19-20,26-27H,2,9-13,15H2,1H3,(H,25,30). The summed E-state index contributed by atoms with van der Waals surface area (Å²) >= 11 is 6.28. The van der Waals surface area contributed by atoms with Crippen LogP contribution in [0.2, 0.25) is 5.02 Å². The van der Waals surface area contributed by atoms with E-state index in [-0.39, 0.29) is 18.0 Å². The number of rotatable bonds is 6. The number of piperazine rings is 1. The summed E-state index contributed by atoms with van der Waals surface area (Å²) in [6.45, 7) is 7.93. The van der Waals surface area contributed by atoms with Crippen molar-refractivity contribution < 1.29 is 4.79 Å². The van der Waals surface area contributed by atoms with Crippen LogP contribution in [0.15, 0.2) is 42.6 Å². The van der Waals surface area contributed by atoms with Gasteiger partial charge in [0.15, 0.2) is 0 Å². The van der Waals surface area contributed by atoms with Crippen LogP contribution < -0.4 is 21.1 Å². The molecule has 0 saturated carbocycles. The van der Waals surface area contributed by atoms with Gasteiger partial charge in [-0.05, 0) is 36.2 Å². The summed E-state index contributed by atoms with van der Waals surface area (Å²) in [4.78, 5) is 21.9. The molecular formula is C22H29ClN6O. The zero-order valence-corrected chi connectivity index (χ0v) is 18.0. The summed E-state index contributed by atoms with van der Waals surface area (Å²) in [5.74, 6) is 0.974. The lowest BCUT2D eigenvalue weighted by atomic mass is 10.0. The molecule has 2 unspecified atom stereocenters. The molecule has 8 heteroatoms. The van der Waals surface area contributed by atoms with Gasteiger partial charge in [-0.3, -0.25) is 4.79 Å². The lowest BCUT2D eigenvalue weighted by Gasteiger charge is -2.34. The molecule has 2 aliphatic heterocycles. The molecule has 0 radical (unpaired) electrons. The Labute approximate surface area is 182 Å². The Bertz CT molecular complexity index is 853. The highest BCUT2D eigenvalue weighted by molar-refractivity contribution is 6.31. The first-order valence-electron chi connectivity index (χ1n) is 10.6. The smallest absolute Gasteiger partial charge is 0.238 e. The Hall–Kier alpha value is -2.19. The zero-order chi connectivity index (χ0) is 20.9. The van der Waals surface area contributed by atoms with Crippen molar-refractivity contribution in [2.75, 3.05) is 37.6 Å². The molecule has 1 amide bonds. The third-order valence-corrected chi connectivity index (χ3v) is 6.26. The first-order valence-corrected chi connectivity index (χ1v) is 11.0. The van der Waals surface area contributed by atoms with Gasteiger partial charge in [0.05, 0.1) is 0 Å². The molecule has 2 fully saturated rings. The minimum atomic E-state index is -0.298. The third-order valence-electron chi connectivity index (χ3n) is 5.92. The molecule has 3 N–H and O–H groups in total. The van der Waals surface area contributed by atoms with Crippen molar-refractivity contribution in [2.24, 2.45) is 0 Å². The van der Waals surface area contributed by atoms with Gasteiger partial charge in [0.25, 0.3) is 0 Å². The van der Waals surface area contributed by atoms with E-state index in [9.17, 15) is 4.79 Å². The summed E-state index contributed by atoms with van der Waals surface area (Å²) in [5, 5.41) is 3.71. The topological polar surface area (TPSA) is 72.5 Å². The molecule has 0 aliphatic carbocycles. The molecule has 30 heavy (non-hydrogen) atoms. The van der Waals surface area contributed by atoms with Gasteiger partial charge in [0.1, 0.15) is 11.9 Å². The maximum Gasteiger partial charge on any atom is 0.238 e. The van der Waals surface area contributed by atoms with Crippen LogP contribution in [0.25, 0.3) is 0 Å². The van der Waals surface area contributed by atoms with Gasteiger partial charge < -0.3 is 15.1 Å². The molecule has 7 nitrogen and oxygen atoms in total. The molecule has 2 aliphatic rings. The van der Waals surface area contributed by atoms with Crippen molar-refractivity contribution in [3.8, 4) is 0 Å². The molecule has 2 saturated heterocycles. The van der Waals surface area contributed by atoms with E-state index in [2.05, 4.69) is 37.9 Å². The lowest BCUT2D eigenvalue weighted by molar-refractivity contribution is -0.123. The quantitative estimate of drug-likeness (QED) is 0.654. The van der Waals surface area contributed by atoms with E-state index in [1.165, 1.54) is 0 Å². The first-order chi connectivity index (χ1) is 14.6. The molecule has 4 rings (SSSR count). The minimum absolute atomic E-state index is 0.0172. The summed E-state index contributed by atoms with van der Waals surface area (Å²) in [6, 6.07) is 11.5. The number of amides is 1. The fraction of sp³-hybridized carbons (Fsp3) is 0.455. The number of benzene rings is 1. The highest BCUT2D eigenvalue weighted by Gasteiger charge is 2.30. The summed E-state index contributed by atoms with van der Waals surface area (Å²) in [5.41, 5.74) is 8.25. The van der Waals surface area contributed by atoms with Crippen molar-refractivity contribution in [3.63, 3.8) is 0 Å². The first kappa shape index (κ1) is 21.1. The van der Waals surface area contributed by atoms with E-state index in [1.54, 1.807) is 0 Å². The summed E-state index contributed by atoms with van der Waals surface area (Å²) in [6.07, 6.45) is 2.51. The zero-order valence-electron chi connectivity index (χ0n) is 17.3. The number of likely N-dealkylation sites (N-methyl/N-ethyl adjacent to an activating group) is 1. The van der Waals surface area contributed by atoms with Crippen molar-refractivity contribution >= 4 is 23.3 Å². The third kappa shape index (κ3) is 4.92. The van der Waals surface area contributed by atoms with Crippen LogP contribution in [0.3, 0.4) is 0 Å². The summed E-state index contributed by atoms with van der Waals surface area (Å²) < 4.78 is 0. The van der Waals surface area contributed by atoms with Crippen LogP contribution in [0, 0.1) is 0 Å². The second kappa shape index (κ2) is 9.75. The molecule has 0 spiro atoms. The van der Waals surface area contributed by atoms with Crippen LogP contribution >= 0.6 is 11.6 Å². The molecule has 2 aromatic rings. The van der Waals surface area contributed by atoms with Crippen LogP contribution in [0.5, 0.6) is 0 Å². The predicted octanol–water partition coefficient (Wildman–Crippen LogP) is 2.10. The number of hydrogen-bond acceptors (Lipinski definition) is 6. The van der Waals surface area contributed by atoms with Gasteiger partial charge in [-0.1, -0.05) is 42.8 Å². The molecule has 1 aromatic carbocycles. The Morgan fingerprint density at radius 1 is 1.17 bits per heavy atom. The van der Waals surface area contributed by atoms with Crippen LogP contribution in [0.1, 0.15) is 30.5 Å². The van der Waals surface area contributed by atoms with Crippen LogP contribution in [0.4, 0.5) is 5.82 Å². The average molecular weight is 429 g/mol. The van der Waals surface area contributed by atoms with Gasteiger partial charge >= 0.3 is 0 Å². The highest BCUT2D eigenvalue weighted by atomic mass is 35.5. The van der Waals surface area contributed by atoms with E-state index in [1.807, 2.05) is 42.6 Å². The number of aromatic nitrogens is 1. The lowest BCUT2D eigenvalue weighted by Crippen LogP contribution is -2.46. The second-order valence-corrected chi connectivity index (χ2v) is 8.22. The number of halogens is 1. The van der Waals surface area contributed by atoms with E-state index in [0.29, 0.717) is 18.0 Å². The van der Waals surface area contributed by atoms with Gasteiger partial charge in [0.2, 0.25) is 5.91 Å².